The van der Waals surface area contributed by atoms with E-state index < -0.39 is 4.92 Å². The Balaban J connectivity index is 2.47. The molecule has 0 aliphatic carbocycles. The number of allylic oxidation sites excluding steroid dienone is 2. The Morgan fingerprint density at radius 3 is 2.81 bits per heavy atom. The predicted octanol–water partition coefficient (Wildman–Crippen LogP) is 2.73. The van der Waals surface area contributed by atoms with Gasteiger partial charge in [-0.15, -0.1) is 0 Å². The minimum atomic E-state index is -0.517. The third-order valence-electron chi connectivity index (χ3n) is 2.49. The molecule has 0 aromatic heterocycles. The molecule has 1 aromatic carbocycles. The summed E-state index contributed by atoms with van der Waals surface area (Å²) in [7, 11) is 0. The summed E-state index contributed by atoms with van der Waals surface area (Å²) in [6, 6.07) is 6.06. The van der Waals surface area contributed by atoms with Gasteiger partial charge in [0, 0.05) is 18.2 Å². The smallest absolute Gasteiger partial charge is 0.314 e. The Hall–Kier alpha value is -2.57. The summed E-state index contributed by atoms with van der Waals surface area (Å²) in [5.41, 5.74) is 3.13. The van der Waals surface area contributed by atoms with Crippen molar-refractivity contribution < 1.29 is 19.3 Å². The number of nitrogens with one attached hydrogen (secondary N) is 1. The van der Waals surface area contributed by atoms with Crippen LogP contribution in [0.2, 0.25) is 0 Å². The first-order valence-corrected chi connectivity index (χ1v) is 6.53. The van der Waals surface area contributed by atoms with Crippen LogP contribution in [0.1, 0.15) is 26.7 Å². The van der Waals surface area contributed by atoms with E-state index in [1.54, 1.807) is 32.1 Å². The van der Waals surface area contributed by atoms with E-state index in [-0.39, 0.29) is 23.8 Å². The standard InChI is InChI=1S/C14H18N2O5/c1-3-20-14(17)10-6-7-11(2)15-21-13-9-5-4-8-12(13)16(18)19/h4-5,7-9,15H,3,6,10H2,1-2H3. The van der Waals surface area contributed by atoms with Crippen molar-refractivity contribution >= 4 is 11.7 Å². The summed E-state index contributed by atoms with van der Waals surface area (Å²) < 4.78 is 4.80. The van der Waals surface area contributed by atoms with Crippen LogP contribution >= 0.6 is 0 Å². The Morgan fingerprint density at radius 2 is 2.14 bits per heavy atom. The molecule has 0 saturated carbocycles. The predicted molar refractivity (Wildman–Crippen MR) is 76.5 cm³/mol. The molecule has 0 fully saturated rings. The normalized spacial score (nSPS) is 10.9. The second-order valence-corrected chi connectivity index (χ2v) is 4.16. The van der Waals surface area contributed by atoms with Gasteiger partial charge in [0.2, 0.25) is 5.75 Å². The van der Waals surface area contributed by atoms with Gasteiger partial charge in [-0.05, 0) is 26.3 Å². The van der Waals surface area contributed by atoms with E-state index in [2.05, 4.69) is 5.48 Å². The Labute approximate surface area is 122 Å². The summed E-state index contributed by atoms with van der Waals surface area (Å²) in [4.78, 5) is 26.6. The molecule has 0 spiro atoms. The average Bonchev–Trinajstić information content (AvgIpc) is 2.45. The van der Waals surface area contributed by atoms with Gasteiger partial charge in [0.05, 0.1) is 11.5 Å². The summed E-state index contributed by atoms with van der Waals surface area (Å²) in [6.07, 6.45) is 2.53. The van der Waals surface area contributed by atoms with Crippen molar-refractivity contribution in [2.45, 2.75) is 26.7 Å². The van der Waals surface area contributed by atoms with Gasteiger partial charge < -0.3 is 9.57 Å². The number of hydrogen-bond donors (Lipinski definition) is 1. The number of nitro groups is 1. The summed E-state index contributed by atoms with van der Waals surface area (Å²) in [5.74, 6) is -0.137. The lowest BCUT2D eigenvalue weighted by molar-refractivity contribution is -0.386. The molecular weight excluding hydrogens is 276 g/mol. The van der Waals surface area contributed by atoms with Crippen LogP contribution in [0.15, 0.2) is 36.0 Å². The van der Waals surface area contributed by atoms with E-state index in [9.17, 15) is 14.9 Å². The number of nitrogens with zero attached hydrogens (tertiary/aromatic N) is 1. The Bertz CT molecular complexity index is 528. The van der Waals surface area contributed by atoms with Crippen LogP contribution in [-0.2, 0) is 9.53 Å². The largest absolute Gasteiger partial charge is 0.466 e. The molecule has 1 aromatic rings. The highest BCUT2D eigenvalue weighted by molar-refractivity contribution is 5.69. The maximum Gasteiger partial charge on any atom is 0.314 e. The molecule has 21 heavy (non-hydrogen) atoms. The number of rotatable bonds is 8. The molecule has 7 heteroatoms. The zero-order chi connectivity index (χ0) is 15.7. The van der Waals surface area contributed by atoms with E-state index in [0.29, 0.717) is 18.7 Å². The van der Waals surface area contributed by atoms with Crippen molar-refractivity contribution in [3.8, 4) is 5.75 Å². The second kappa shape index (κ2) is 8.57. The van der Waals surface area contributed by atoms with E-state index in [1.165, 1.54) is 12.1 Å². The van der Waals surface area contributed by atoms with Gasteiger partial charge in [0.15, 0.2) is 0 Å². The number of nitro benzene ring substituents is 1. The first kappa shape index (κ1) is 16.5. The Kier molecular flexibility index (Phi) is 6.73. The summed E-state index contributed by atoms with van der Waals surface area (Å²) >= 11 is 0. The second-order valence-electron chi connectivity index (χ2n) is 4.16. The number of esters is 1. The van der Waals surface area contributed by atoms with Crippen LogP contribution in [0.4, 0.5) is 5.69 Å². The maximum atomic E-state index is 11.1. The monoisotopic (exact) mass is 294 g/mol. The number of benzene rings is 1. The highest BCUT2D eigenvalue weighted by Gasteiger charge is 2.13. The molecule has 7 nitrogen and oxygen atoms in total. The van der Waals surface area contributed by atoms with Crippen LogP contribution < -0.4 is 10.3 Å². The molecule has 1 N–H and O–H groups in total. The van der Waals surface area contributed by atoms with Gasteiger partial charge in [-0.2, -0.15) is 0 Å². The summed E-state index contributed by atoms with van der Waals surface area (Å²) in [6.45, 7) is 3.85. The fraction of sp³-hybridized carbons (Fsp3) is 0.357. The van der Waals surface area contributed by atoms with Gasteiger partial charge in [-0.3, -0.25) is 14.9 Å². The molecule has 0 atom stereocenters. The zero-order valence-corrected chi connectivity index (χ0v) is 12.0. The number of hydrogen-bond acceptors (Lipinski definition) is 6. The molecule has 1 rings (SSSR count). The molecule has 0 aliphatic rings. The number of carbonyl (C=O) groups excluding carboxylic acids is 1. The van der Waals surface area contributed by atoms with E-state index >= 15 is 0 Å². The van der Waals surface area contributed by atoms with E-state index in [1.807, 2.05) is 0 Å². The van der Waals surface area contributed by atoms with Crippen LogP contribution in [0.5, 0.6) is 5.75 Å². The fourth-order valence-electron chi connectivity index (χ4n) is 1.51. The van der Waals surface area contributed by atoms with Crippen molar-refractivity contribution in [3.05, 3.63) is 46.2 Å². The molecule has 114 valence electrons. The van der Waals surface area contributed by atoms with Crippen molar-refractivity contribution in [1.29, 1.82) is 0 Å². The van der Waals surface area contributed by atoms with Crippen LogP contribution in [-0.4, -0.2) is 17.5 Å². The quantitative estimate of drug-likeness (QED) is 0.450. The first-order valence-electron chi connectivity index (χ1n) is 6.53. The number of hydroxylamine groups is 1. The van der Waals surface area contributed by atoms with Crippen LogP contribution in [0, 0.1) is 10.1 Å². The van der Waals surface area contributed by atoms with Crippen LogP contribution in [0.25, 0.3) is 0 Å². The molecule has 0 heterocycles. The highest BCUT2D eigenvalue weighted by atomic mass is 16.7. The minimum absolute atomic E-state index is 0.121. The minimum Gasteiger partial charge on any atom is -0.466 e. The molecule has 0 bridgehead atoms. The zero-order valence-electron chi connectivity index (χ0n) is 12.0. The topological polar surface area (TPSA) is 90.7 Å². The van der Waals surface area contributed by atoms with Crippen molar-refractivity contribution in [1.82, 2.24) is 5.48 Å². The van der Waals surface area contributed by atoms with Gasteiger partial charge in [0.1, 0.15) is 0 Å². The fourth-order valence-corrected chi connectivity index (χ4v) is 1.51. The maximum absolute atomic E-state index is 11.1. The van der Waals surface area contributed by atoms with E-state index in [4.69, 9.17) is 9.57 Å². The molecule has 0 unspecified atom stereocenters. The van der Waals surface area contributed by atoms with Gasteiger partial charge in [0.25, 0.3) is 0 Å². The van der Waals surface area contributed by atoms with E-state index in [0.717, 1.165) is 0 Å². The average molecular weight is 294 g/mol. The van der Waals surface area contributed by atoms with Crippen molar-refractivity contribution in [3.63, 3.8) is 0 Å². The molecule has 0 amide bonds. The summed E-state index contributed by atoms with van der Waals surface area (Å²) in [5, 5.41) is 10.8. The highest BCUT2D eigenvalue weighted by Crippen LogP contribution is 2.25. The molecule has 0 aliphatic heterocycles. The number of para-hydroxylation sites is 2. The lowest BCUT2D eigenvalue weighted by atomic mass is 10.3. The molecular formula is C14H18N2O5. The number of carbonyl (C=O) groups is 1. The molecule has 0 saturated heterocycles. The van der Waals surface area contributed by atoms with Gasteiger partial charge in [-0.25, -0.2) is 5.48 Å². The SMILES string of the molecule is CCOC(=O)CCC=C(C)NOc1ccccc1[N+](=O)[O-]. The third kappa shape index (κ3) is 5.94. The van der Waals surface area contributed by atoms with Gasteiger partial charge >= 0.3 is 11.7 Å². The van der Waals surface area contributed by atoms with Crippen molar-refractivity contribution in [2.75, 3.05) is 6.61 Å². The van der Waals surface area contributed by atoms with Crippen LogP contribution in [0.3, 0.4) is 0 Å². The lowest BCUT2D eigenvalue weighted by Gasteiger charge is -2.08. The van der Waals surface area contributed by atoms with Crippen molar-refractivity contribution in [2.24, 2.45) is 0 Å². The van der Waals surface area contributed by atoms with Gasteiger partial charge in [-0.1, -0.05) is 18.2 Å². The molecule has 0 radical (unpaired) electrons. The first-order chi connectivity index (χ1) is 10.0. The Morgan fingerprint density at radius 1 is 1.43 bits per heavy atom. The third-order valence-corrected chi connectivity index (χ3v) is 2.49. The lowest BCUT2D eigenvalue weighted by Crippen LogP contribution is -2.16. The number of ether oxygens (including phenoxy) is 1.